The van der Waals surface area contributed by atoms with Crippen LogP contribution in [0.25, 0.3) is 22.1 Å². The third kappa shape index (κ3) is 11.9. The number of carboxylic acids is 1. The molecule has 1 amide bonds. The Hall–Kier alpha value is -4.01. The van der Waals surface area contributed by atoms with Crippen molar-refractivity contribution in [2.45, 2.75) is 11.3 Å². The Morgan fingerprint density at radius 1 is 0.771 bits per heavy atom. The van der Waals surface area contributed by atoms with Gasteiger partial charge < -0.3 is 20.0 Å². The first-order chi connectivity index (χ1) is 23.4. The standard InChI is InChI=1S/C35H43N5O7S/c41-20-18-37-10-14-39(15-11-38(19-21-42)13-17-40(16-12-37)26-35(45)46)25-34(44)36-9-1-23-48-31-5-2-28(3-6-31)29-4-7-33-32(24-29)30(27-43)8-22-47-33/h2-8,20-22,24,27H,1,9-19,23,25-26H2,(H-,36,44,45,46)/p+1. The van der Waals surface area contributed by atoms with Crippen LogP contribution in [0.3, 0.4) is 0 Å². The summed E-state index contributed by atoms with van der Waals surface area (Å²) in [6.45, 7) is 5.42. The third-order valence-corrected chi connectivity index (χ3v) is 9.38. The van der Waals surface area contributed by atoms with Crippen molar-refractivity contribution in [2.75, 3.05) is 90.8 Å². The smallest absolute Gasteiger partial charge is 0.360 e. The maximum absolute atomic E-state index is 12.9. The predicted molar refractivity (Wildman–Crippen MR) is 185 cm³/mol. The Morgan fingerprint density at radius 2 is 1.35 bits per heavy atom. The fourth-order valence-electron chi connectivity index (χ4n) is 5.57. The SMILES string of the molecule is O=CCN1CCN(CC(=O)O)CCN(CC=O)CCN(CC(=O)NCCCSc2ccc(-c3ccc4[o+]ccc(C=O)c4c3)cc2)CC1. The lowest BCUT2D eigenvalue weighted by atomic mass is 10.0. The van der Waals surface area contributed by atoms with E-state index in [0.717, 1.165) is 52.4 Å². The molecule has 0 unspecified atom stereocenters. The summed E-state index contributed by atoms with van der Waals surface area (Å²) in [6.07, 6.45) is 4.83. The van der Waals surface area contributed by atoms with Crippen LogP contribution in [0.4, 0.5) is 0 Å². The molecular weight excluding hydrogens is 634 g/mol. The first-order valence-corrected chi connectivity index (χ1v) is 17.1. The molecule has 2 N–H and O–H groups in total. The number of aldehydes is 3. The van der Waals surface area contributed by atoms with E-state index in [-0.39, 0.29) is 32.1 Å². The van der Waals surface area contributed by atoms with Crippen molar-refractivity contribution in [3.63, 3.8) is 0 Å². The second-order valence-corrected chi connectivity index (χ2v) is 12.8. The number of carbonyl (C=O) groups is 5. The van der Waals surface area contributed by atoms with Crippen molar-refractivity contribution >= 4 is 53.5 Å². The average Bonchev–Trinajstić information content (AvgIpc) is 3.08. The van der Waals surface area contributed by atoms with Gasteiger partial charge in [-0.3, -0.25) is 34.0 Å². The predicted octanol–water partition coefficient (Wildman–Crippen LogP) is 2.50. The number of nitrogens with zero attached hydrogens (tertiary/aromatic N) is 4. The fraction of sp³-hybridized carbons (Fsp3) is 0.429. The molecule has 1 fully saturated rings. The maximum Gasteiger partial charge on any atom is 0.360 e. The molecule has 1 saturated heterocycles. The number of amides is 1. The number of fused-ring (bicyclic) bond motifs is 1. The summed E-state index contributed by atoms with van der Waals surface area (Å²) in [5.74, 6) is -0.153. The van der Waals surface area contributed by atoms with Gasteiger partial charge in [0.15, 0.2) is 6.29 Å². The molecule has 4 rings (SSSR count). The second-order valence-electron chi connectivity index (χ2n) is 11.7. The normalized spacial score (nSPS) is 16.1. The molecule has 256 valence electrons. The lowest BCUT2D eigenvalue weighted by molar-refractivity contribution is -0.138. The van der Waals surface area contributed by atoms with E-state index in [1.165, 1.54) is 6.26 Å². The van der Waals surface area contributed by atoms with Gasteiger partial charge in [0.1, 0.15) is 12.6 Å². The van der Waals surface area contributed by atoms with Gasteiger partial charge in [0.25, 0.3) is 0 Å². The maximum atomic E-state index is 12.9. The van der Waals surface area contributed by atoms with Gasteiger partial charge in [-0.25, -0.2) is 4.42 Å². The van der Waals surface area contributed by atoms with E-state index in [4.69, 9.17) is 4.42 Å². The lowest BCUT2D eigenvalue weighted by Crippen LogP contribution is -2.49. The van der Waals surface area contributed by atoms with Crippen LogP contribution in [0.1, 0.15) is 16.8 Å². The number of rotatable bonds is 15. The zero-order chi connectivity index (χ0) is 34.1. The minimum atomic E-state index is -0.915. The van der Waals surface area contributed by atoms with E-state index < -0.39 is 5.97 Å². The van der Waals surface area contributed by atoms with Gasteiger partial charge in [0.2, 0.25) is 5.91 Å². The summed E-state index contributed by atoms with van der Waals surface area (Å²) in [7, 11) is 0. The molecule has 0 bridgehead atoms. The van der Waals surface area contributed by atoms with Crippen molar-refractivity contribution in [3.8, 4) is 11.1 Å². The van der Waals surface area contributed by atoms with Crippen molar-refractivity contribution in [2.24, 2.45) is 0 Å². The number of hydrogen-bond donors (Lipinski definition) is 2. The number of carbonyl (C=O) groups excluding carboxylic acids is 4. The zero-order valence-corrected chi connectivity index (χ0v) is 27.9. The number of benzene rings is 2. The molecule has 3 aromatic rings. The summed E-state index contributed by atoms with van der Waals surface area (Å²) in [5.41, 5.74) is 3.29. The van der Waals surface area contributed by atoms with E-state index >= 15 is 0 Å². The minimum absolute atomic E-state index is 0.0751. The van der Waals surface area contributed by atoms with Gasteiger partial charge in [-0.05, 0) is 47.6 Å². The van der Waals surface area contributed by atoms with Crippen LogP contribution >= 0.6 is 11.8 Å². The van der Waals surface area contributed by atoms with Crippen LogP contribution in [-0.4, -0.2) is 146 Å². The van der Waals surface area contributed by atoms with E-state index in [1.807, 2.05) is 37.8 Å². The summed E-state index contributed by atoms with van der Waals surface area (Å²) >= 11 is 1.72. The van der Waals surface area contributed by atoms with Gasteiger partial charge in [-0.1, -0.05) is 12.1 Å². The highest BCUT2D eigenvalue weighted by molar-refractivity contribution is 7.99. The van der Waals surface area contributed by atoms with Crippen molar-refractivity contribution in [1.82, 2.24) is 24.9 Å². The van der Waals surface area contributed by atoms with Crippen LogP contribution in [0.5, 0.6) is 0 Å². The average molecular weight is 679 g/mol. The first kappa shape index (κ1) is 36.8. The van der Waals surface area contributed by atoms with Crippen LogP contribution < -0.4 is 5.32 Å². The van der Waals surface area contributed by atoms with Gasteiger partial charge in [0.05, 0.1) is 31.6 Å². The molecule has 2 aromatic carbocycles. The largest absolute Gasteiger partial charge is 0.480 e. The molecule has 48 heavy (non-hydrogen) atoms. The van der Waals surface area contributed by atoms with E-state index in [0.29, 0.717) is 70.0 Å². The molecule has 0 spiro atoms. The van der Waals surface area contributed by atoms with Gasteiger partial charge in [-0.15, -0.1) is 11.8 Å². The van der Waals surface area contributed by atoms with Crippen molar-refractivity contribution in [3.05, 3.63) is 60.4 Å². The van der Waals surface area contributed by atoms with E-state index in [2.05, 4.69) is 29.6 Å². The molecule has 0 aliphatic carbocycles. The Morgan fingerprint density at radius 3 is 1.94 bits per heavy atom. The first-order valence-electron chi connectivity index (χ1n) is 16.2. The highest BCUT2D eigenvalue weighted by Gasteiger charge is 2.19. The second kappa shape index (κ2) is 19.7. The molecular formula is C35H44N5O7S+. The van der Waals surface area contributed by atoms with Crippen LogP contribution in [0, 0.1) is 0 Å². The Labute approximate surface area is 285 Å². The molecule has 1 aliphatic rings. The van der Waals surface area contributed by atoms with E-state index in [9.17, 15) is 29.1 Å². The summed E-state index contributed by atoms with van der Waals surface area (Å²) in [5, 5.41) is 13.1. The third-order valence-electron chi connectivity index (χ3n) is 8.28. The topological polar surface area (TPSA) is 142 Å². The quantitative estimate of drug-likeness (QED) is 0.106. The Kier molecular flexibility index (Phi) is 15.1. The van der Waals surface area contributed by atoms with Crippen LogP contribution in [-0.2, 0) is 19.2 Å². The van der Waals surface area contributed by atoms with Crippen molar-refractivity contribution < 1.29 is 33.5 Å². The van der Waals surface area contributed by atoms with Gasteiger partial charge in [0, 0.05) is 81.5 Å². The molecule has 0 saturated carbocycles. The highest BCUT2D eigenvalue weighted by atomic mass is 32.2. The summed E-state index contributed by atoms with van der Waals surface area (Å²) in [4.78, 5) is 67.2. The molecule has 13 heteroatoms. The number of nitrogens with one attached hydrogen (secondary N) is 1. The van der Waals surface area contributed by atoms with Crippen molar-refractivity contribution in [1.29, 1.82) is 0 Å². The fourth-order valence-corrected chi connectivity index (χ4v) is 6.42. The number of thioether (sulfide) groups is 1. The highest BCUT2D eigenvalue weighted by Crippen LogP contribution is 2.28. The van der Waals surface area contributed by atoms with Gasteiger partial charge >= 0.3 is 17.8 Å². The van der Waals surface area contributed by atoms with Gasteiger partial charge in [-0.2, -0.15) is 0 Å². The zero-order valence-electron chi connectivity index (χ0n) is 27.1. The number of carboxylic acid groups (broad SMARTS) is 1. The number of hydrogen-bond acceptors (Lipinski definition) is 10. The molecule has 2 heterocycles. The molecule has 12 nitrogen and oxygen atoms in total. The van der Waals surface area contributed by atoms with Crippen LogP contribution in [0.15, 0.2) is 64.1 Å². The molecule has 0 atom stereocenters. The summed E-state index contributed by atoms with van der Waals surface area (Å²) < 4.78 is 5.51. The monoisotopic (exact) mass is 678 g/mol. The summed E-state index contributed by atoms with van der Waals surface area (Å²) in [6, 6.07) is 15.7. The lowest BCUT2D eigenvalue weighted by Gasteiger charge is -2.32. The Bertz CT molecular complexity index is 1500. The van der Waals surface area contributed by atoms with Crippen LogP contribution in [0.2, 0.25) is 0 Å². The van der Waals surface area contributed by atoms with E-state index in [1.54, 1.807) is 17.8 Å². The minimum Gasteiger partial charge on any atom is -0.480 e. The molecule has 1 aromatic heterocycles. The number of aliphatic carboxylic acids is 1. The molecule has 0 radical (unpaired) electrons. The molecule has 1 aliphatic heterocycles. The Balaban J connectivity index is 1.23.